The third-order valence-electron chi connectivity index (χ3n) is 3.33. The van der Waals surface area contributed by atoms with Gasteiger partial charge in [-0.2, -0.15) is 9.36 Å². The SMILES string of the molecule is CNc1snc(C)c1C(=O)O[C@H](C)c1nc(C2CC2)no1. The molecule has 1 aliphatic rings. The Labute approximate surface area is 125 Å². The molecule has 1 saturated carbocycles. The van der Waals surface area contributed by atoms with Crippen molar-refractivity contribution in [3.63, 3.8) is 0 Å². The van der Waals surface area contributed by atoms with Crippen molar-refractivity contribution in [2.45, 2.75) is 38.7 Å². The highest BCUT2D eigenvalue weighted by molar-refractivity contribution is 7.10. The van der Waals surface area contributed by atoms with Crippen LogP contribution in [0, 0.1) is 6.92 Å². The summed E-state index contributed by atoms with van der Waals surface area (Å²) >= 11 is 1.23. The van der Waals surface area contributed by atoms with Gasteiger partial charge in [-0.3, -0.25) is 0 Å². The standard InChI is InChI=1S/C13H16N4O3S/c1-6-9(12(14-3)21-17-6)13(18)19-7(2)11-15-10(16-20-11)8-4-5-8/h7-8,14H,4-5H2,1-3H3/t7-/m1/s1. The highest BCUT2D eigenvalue weighted by Crippen LogP contribution is 2.38. The molecule has 1 fully saturated rings. The average Bonchev–Trinajstić information content (AvgIpc) is 3.06. The second-order valence-corrected chi connectivity index (χ2v) is 5.81. The first-order valence-electron chi connectivity index (χ1n) is 6.78. The van der Waals surface area contributed by atoms with Crippen LogP contribution >= 0.6 is 11.5 Å². The Morgan fingerprint density at radius 1 is 1.52 bits per heavy atom. The van der Waals surface area contributed by atoms with E-state index in [0.29, 0.717) is 33.9 Å². The van der Waals surface area contributed by atoms with Gasteiger partial charge in [-0.15, -0.1) is 0 Å². The monoisotopic (exact) mass is 308 g/mol. The van der Waals surface area contributed by atoms with Crippen molar-refractivity contribution in [2.75, 3.05) is 12.4 Å². The van der Waals surface area contributed by atoms with E-state index in [9.17, 15) is 4.79 Å². The largest absolute Gasteiger partial charge is 0.449 e. The van der Waals surface area contributed by atoms with Crippen molar-refractivity contribution in [3.8, 4) is 0 Å². The maximum atomic E-state index is 12.3. The maximum Gasteiger partial charge on any atom is 0.343 e. The van der Waals surface area contributed by atoms with Gasteiger partial charge in [0.05, 0.1) is 5.69 Å². The minimum absolute atomic E-state index is 0.331. The summed E-state index contributed by atoms with van der Waals surface area (Å²) in [5.41, 5.74) is 1.10. The normalized spacial score (nSPS) is 15.8. The van der Waals surface area contributed by atoms with Crippen LogP contribution in [0.1, 0.15) is 59.6 Å². The lowest BCUT2D eigenvalue weighted by atomic mass is 10.2. The molecule has 0 spiro atoms. The van der Waals surface area contributed by atoms with Crippen molar-refractivity contribution in [1.29, 1.82) is 0 Å². The van der Waals surface area contributed by atoms with Gasteiger partial charge in [0.1, 0.15) is 10.6 Å². The zero-order valence-corrected chi connectivity index (χ0v) is 12.9. The van der Waals surface area contributed by atoms with Crippen LogP contribution in [-0.4, -0.2) is 27.5 Å². The first kappa shape index (κ1) is 14.0. The van der Waals surface area contributed by atoms with Crippen molar-refractivity contribution in [3.05, 3.63) is 23.0 Å². The van der Waals surface area contributed by atoms with Crippen LogP contribution < -0.4 is 5.32 Å². The number of carbonyl (C=O) groups excluding carboxylic acids is 1. The molecule has 21 heavy (non-hydrogen) atoms. The molecule has 0 aromatic carbocycles. The van der Waals surface area contributed by atoms with Crippen LogP contribution in [0.5, 0.6) is 0 Å². The molecule has 2 aromatic heterocycles. The predicted molar refractivity (Wildman–Crippen MR) is 76.5 cm³/mol. The van der Waals surface area contributed by atoms with Gasteiger partial charge in [0.25, 0.3) is 5.89 Å². The van der Waals surface area contributed by atoms with Crippen LogP contribution in [0.15, 0.2) is 4.52 Å². The molecule has 0 aliphatic heterocycles. The van der Waals surface area contributed by atoms with Gasteiger partial charge in [0.2, 0.25) is 0 Å². The fourth-order valence-electron chi connectivity index (χ4n) is 1.97. The third-order valence-corrected chi connectivity index (χ3v) is 4.28. The second kappa shape index (κ2) is 5.44. The van der Waals surface area contributed by atoms with Crippen molar-refractivity contribution < 1.29 is 14.1 Å². The van der Waals surface area contributed by atoms with E-state index in [1.807, 2.05) is 0 Å². The quantitative estimate of drug-likeness (QED) is 0.849. The Morgan fingerprint density at radius 2 is 2.29 bits per heavy atom. The topological polar surface area (TPSA) is 90.1 Å². The van der Waals surface area contributed by atoms with Crippen LogP contribution in [0.25, 0.3) is 0 Å². The number of aryl methyl sites for hydroxylation is 1. The second-order valence-electron chi connectivity index (χ2n) is 5.03. The summed E-state index contributed by atoms with van der Waals surface area (Å²) in [7, 11) is 1.74. The molecule has 0 radical (unpaired) electrons. The summed E-state index contributed by atoms with van der Waals surface area (Å²) in [5, 5.41) is 7.55. The molecule has 8 heteroatoms. The minimum Gasteiger partial charge on any atom is -0.449 e. The Bertz CT molecular complexity index is 662. The summed E-state index contributed by atoms with van der Waals surface area (Å²) < 4.78 is 14.7. The number of hydrogen-bond acceptors (Lipinski definition) is 8. The molecule has 2 heterocycles. The summed E-state index contributed by atoms with van der Waals surface area (Å²) in [5.74, 6) is 1.00. The highest BCUT2D eigenvalue weighted by atomic mass is 32.1. The summed E-state index contributed by atoms with van der Waals surface area (Å²) in [6, 6.07) is 0. The van der Waals surface area contributed by atoms with E-state index >= 15 is 0 Å². The van der Waals surface area contributed by atoms with Gasteiger partial charge < -0.3 is 14.6 Å². The van der Waals surface area contributed by atoms with E-state index in [4.69, 9.17) is 9.26 Å². The van der Waals surface area contributed by atoms with Gasteiger partial charge in [-0.1, -0.05) is 5.16 Å². The molecule has 1 atom stereocenters. The lowest BCUT2D eigenvalue weighted by Gasteiger charge is -2.09. The van der Waals surface area contributed by atoms with Crippen molar-refractivity contribution >= 4 is 22.5 Å². The van der Waals surface area contributed by atoms with Crippen molar-refractivity contribution in [1.82, 2.24) is 14.5 Å². The van der Waals surface area contributed by atoms with Gasteiger partial charge in [0.15, 0.2) is 11.9 Å². The first-order valence-corrected chi connectivity index (χ1v) is 7.56. The third kappa shape index (κ3) is 2.76. The number of rotatable bonds is 5. The van der Waals surface area contributed by atoms with E-state index in [2.05, 4.69) is 19.8 Å². The van der Waals surface area contributed by atoms with E-state index < -0.39 is 12.1 Å². The number of hydrogen-bond donors (Lipinski definition) is 1. The molecular formula is C13H16N4O3S. The number of carbonyl (C=O) groups is 1. The average molecular weight is 308 g/mol. The predicted octanol–water partition coefficient (Wildman–Crippen LogP) is 2.67. The molecule has 3 rings (SSSR count). The van der Waals surface area contributed by atoms with Crippen molar-refractivity contribution in [2.24, 2.45) is 0 Å². The summed E-state index contributed by atoms with van der Waals surface area (Å²) in [4.78, 5) is 16.5. The number of esters is 1. The lowest BCUT2D eigenvalue weighted by Crippen LogP contribution is -2.11. The molecule has 112 valence electrons. The summed E-state index contributed by atoms with van der Waals surface area (Å²) in [6.07, 6.45) is 1.61. The first-order chi connectivity index (χ1) is 10.1. The minimum atomic E-state index is -0.582. The van der Waals surface area contributed by atoms with E-state index in [-0.39, 0.29) is 0 Å². The Kier molecular flexibility index (Phi) is 3.62. The van der Waals surface area contributed by atoms with Gasteiger partial charge in [-0.05, 0) is 38.2 Å². The molecule has 7 nitrogen and oxygen atoms in total. The molecule has 1 aliphatic carbocycles. The van der Waals surface area contributed by atoms with Gasteiger partial charge in [0, 0.05) is 13.0 Å². The fraction of sp³-hybridized carbons (Fsp3) is 0.538. The Balaban J connectivity index is 1.72. The highest BCUT2D eigenvalue weighted by Gasteiger charge is 2.30. The van der Waals surface area contributed by atoms with E-state index in [1.54, 1.807) is 20.9 Å². The number of aromatic nitrogens is 3. The van der Waals surface area contributed by atoms with Gasteiger partial charge in [-0.25, -0.2) is 4.79 Å². The zero-order chi connectivity index (χ0) is 15.0. The number of nitrogens with one attached hydrogen (secondary N) is 1. The molecule has 0 saturated heterocycles. The molecule has 0 unspecified atom stereocenters. The Hall–Kier alpha value is -1.96. The van der Waals surface area contributed by atoms with Crippen LogP contribution in [0.2, 0.25) is 0 Å². The molecule has 1 N–H and O–H groups in total. The number of anilines is 1. The molecular weight excluding hydrogens is 292 g/mol. The number of nitrogens with zero attached hydrogens (tertiary/aromatic N) is 3. The maximum absolute atomic E-state index is 12.3. The van der Waals surface area contributed by atoms with Gasteiger partial charge >= 0.3 is 5.97 Å². The van der Waals surface area contributed by atoms with Crippen LogP contribution in [0.4, 0.5) is 5.00 Å². The Morgan fingerprint density at radius 3 is 2.95 bits per heavy atom. The van der Waals surface area contributed by atoms with Crippen LogP contribution in [0.3, 0.4) is 0 Å². The van der Waals surface area contributed by atoms with Crippen LogP contribution in [-0.2, 0) is 4.74 Å². The molecule has 0 bridgehead atoms. The molecule has 0 amide bonds. The lowest BCUT2D eigenvalue weighted by molar-refractivity contribution is 0.0266. The van der Waals surface area contributed by atoms with E-state index in [1.165, 1.54) is 11.5 Å². The zero-order valence-electron chi connectivity index (χ0n) is 12.0. The molecule has 2 aromatic rings. The van der Waals surface area contributed by atoms with E-state index in [0.717, 1.165) is 12.8 Å². The fourth-order valence-corrected chi connectivity index (χ4v) is 2.70. The number of ether oxygens (including phenoxy) is 1. The smallest absolute Gasteiger partial charge is 0.343 e. The summed E-state index contributed by atoms with van der Waals surface area (Å²) in [6.45, 7) is 3.49.